The molecule has 0 bridgehead atoms. The van der Waals surface area contributed by atoms with Gasteiger partial charge >= 0.3 is 5.69 Å². The number of nitro groups is 1. The van der Waals surface area contributed by atoms with Gasteiger partial charge in [-0.3, -0.25) is 14.9 Å². The minimum Gasteiger partial charge on any atom is -0.502 e. The molecule has 0 aliphatic rings. The molecule has 0 atom stereocenters. The Morgan fingerprint density at radius 3 is 2.62 bits per heavy atom. The number of hydrogen-bond donors (Lipinski definition) is 2. The summed E-state index contributed by atoms with van der Waals surface area (Å²) >= 11 is 0. The van der Waals surface area contributed by atoms with Crippen LogP contribution in [0.25, 0.3) is 6.08 Å². The van der Waals surface area contributed by atoms with Crippen LogP contribution in [0.4, 0.5) is 5.69 Å². The Balaban J connectivity index is 3.33. The minimum absolute atomic E-state index is 0.160. The van der Waals surface area contributed by atoms with E-state index >= 15 is 0 Å². The predicted molar refractivity (Wildman–Crippen MR) is 56.3 cm³/mol. The first-order valence-corrected chi connectivity index (χ1v) is 4.34. The van der Waals surface area contributed by atoms with Crippen LogP contribution in [0, 0.1) is 10.1 Å². The average Bonchev–Trinajstić information content (AvgIpc) is 2.27. The zero-order valence-electron chi connectivity index (χ0n) is 8.16. The number of hydrogen-bond acceptors (Lipinski definition) is 5. The van der Waals surface area contributed by atoms with Crippen LogP contribution in [0.3, 0.4) is 0 Å². The van der Waals surface area contributed by atoms with Crippen LogP contribution in [0.5, 0.6) is 5.75 Å². The molecule has 0 amide bonds. The van der Waals surface area contributed by atoms with Crippen LogP contribution >= 0.6 is 0 Å². The third kappa shape index (κ3) is 2.43. The lowest BCUT2D eigenvalue weighted by Gasteiger charge is -2.01. The normalized spacial score (nSPS) is 10.6. The van der Waals surface area contributed by atoms with Gasteiger partial charge in [0.05, 0.1) is 17.1 Å². The molecule has 2 N–H and O–H groups in total. The number of carbonyl (C=O) groups excluding carboxylic acids is 1. The van der Waals surface area contributed by atoms with Crippen LogP contribution in [0.2, 0.25) is 0 Å². The minimum atomic E-state index is -0.779. The number of aldehydes is 1. The summed E-state index contributed by atoms with van der Waals surface area (Å²) in [5.74, 6) is -0.652. The van der Waals surface area contributed by atoms with Crippen LogP contribution < -0.4 is 0 Å². The van der Waals surface area contributed by atoms with Gasteiger partial charge in [0.25, 0.3) is 0 Å². The second kappa shape index (κ2) is 5.04. The van der Waals surface area contributed by atoms with Gasteiger partial charge in [-0.25, -0.2) is 0 Å². The molecule has 0 spiro atoms. The first-order valence-electron chi connectivity index (χ1n) is 4.34. The molecule has 0 aromatic heterocycles. The van der Waals surface area contributed by atoms with Gasteiger partial charge in [-0.2, -0.15) is 0 Å². The second-order valence-corrected chi connectivity index (χ2v) is 2.94. The number of phenols is 1. The van der Waals surface area contributed by atoms with Crippen molar-refractivity contribution in [3.63, 3.8) is 0 Å². The summed E-state index contributed by atoms with van der Waals surface area (Å²) in [6.07, 6.45) is 3.11. The van der Waals surface area contributed by atoms with Crippen molar-refractivity contribution >= 4 is 18.0 Å². The van der Waals surface area contributed by atoms with Crippen molar-refractivity contribution in [1.29, 1.82) is 0 Å². The molecule has 0 aliphatic heterocycles. The van der Waals surface area contributed by atoms with Crippen molar-refractivity contribution in [2.75, 3.05) is 6.61 Å². The van der Waals surface area contributed by atoms with Crippen molar-refractivity contribution in [1.82, 2.24) is 0 Å². The van der Waals surface area contributed by atoms with E-state index in [4.69, 9.17) is 5.11 Å². The maximum absolute atomic E-state index is 10.6. The van der Waals surface area contributed by atoms with Gasteiger partial charge in [0, 0.05) is 6.07 Å². The fourth-order valence-electron chi connectivity index (χ4n) is 1.18. The van der Waals surface area contributed by atoms with Crippen molar-refractivity contribution in [3.05, 3.63) is 39.4 Å². The van der Waals surface area contributed by atoms with Crippen molar-refractivity contribution in [3.8, 4) is 5.75 Å². The smallest absolute Gasteiger partial charge is 0.312 e. The Hall–Kier alpha value is -2.21. The molecule has 6 nitrogen and oxygen atoms in total. The number of aromatic hydroxyl groups is 1. The third-order valence-corrected chi connectivity index (χ3v) is 1.88. The number of aliphatic hydroxyl groups is 1. The molecule has 0 saturated carbocycles. The Morgan fingerprint density at radius 2 is 2.12 bits per heavy atom. The first kappa shape index (κ1) is 11.9. The van der Waals surface area contributed by atoms with E-state index in [-0.39, 0.29) is 12.2 Å². The molecule has 1 rings (SSSR count). The maximum atomic E-state index is 10.6. The number of nitrogens with zero attached hydrogens (tertiary/aromatic N) is 1. The zero-order chi connectivity index (χ0) is 12.1. The molecule has 0 fully saturated rings. The fraction of sp³-hybridized carbons (Fsp3) is 0.100. The second-order valence-electron chi connectivity index (χ2n) is 2.94. The van der Waals surface area contributed by atoms with Crippen LogP contribution in [-0.4, -0.2) is 28.0 Å². The highest BCUT2D eigenvalue weighted by atomic mass is 16.6. The van der Waals surface area contributed by atoms with Crippen molar-refractivity contribution in [2.45, 2.75) is 0 Å². The van der Waals surface area contributed by atoms with Gasteiger partial charge in [-0.1, -0.05) is 12.2 Å². The van der Waals surface area contributed by atoms with E-state index in [1.807, 2.05) is 0 Å². The standard InChI is InChI=1S/C10H9NO5/c12-3-1-2-7-4-8(6-13)10(14)9(5-7)11(15)16/h1-2,4-6,12,14H,3H2. The lowest BCUT2D eigenvalue weighted by Crippen LogP contribution is -1.93. The van der Waals surface area contributed by atoms with Gasteiger partial charge in [-0.05, 0) is 11.6 Å². The number of nitro benzene ring substituents is 1. The molecule has 0 heterocycles. The molecule has 6 heteroatoms. The predicted octanol–water partition coefficient (Wildman–Crippen LogP) is 1.12. The van der Waals surface area contributed by atoms with Crippen LogP contribution in [0.1, 0.15) is 15.9 Å². The summed E-state index contributed by atoms with van der Waals surface area (Å²) in [5, 5.41) is 28.5. The van der Waals surface area contributed by atoms with Gasteiger partial charge < -0.3 is 10.2 Å². The van der Waals surface area contributed by atoms with E-state index in [2.05, 4.69) is 0 Å². The third-order valence-electron chi connectivity index (χ3n) is 1.88. The molecule has 1 aromatic carbocycles. The molecular weight excluding hydrogens is 214 g/mol. The Bertz CT molecular complexity index is 453. The zero-order valence-corrected chi connectivity index (χ0v) is 8.16. The summed E-state index contributed by atoms with van der Waals surface area (Å²) < 4.78 is 0. The van der Waals surface area contributed by atoms with Crippen LogP contribution in [-0.2, 0) is 0 Å². The Kier molecular flexibility index (Phi) is 3.73. The summed E-state index contributed by atoms with van der Waals surface area (Å²) in [4.78, 5) is 20.4. The highest BCUT2D eigenvalue weighted by Gasteiger charge is 2.17. The molecule has 0 aliphatic carbocycles. The molecule has 0 radical (unpaired) electrons. The molecule has 16 heavy (non-hydrogen) atoms. The molecular formula is C10H9NO5. The molecule has 0 unspecified atom stereocenters. The SMILES string of the molecule is O=Cc1cc(C=CCO)cc([N+](=O)[O-])c1O. The number of carbonyl (C=O) groups is 1. The summed E-state index contributed by atoms with van der Waals surface area (Å²) in [6.45, 7) is -0.217. The lowest BCUT2D eigenvalue weighted by molar-refractivity contribution is -0.385. The summed E-state index contributed by atoms with van der Waals surface area (Å²) in [6, 6.07) is 2.41. The summed E-state index contributed by atoms with van der Waals surface area (Å²) in [7, 11) is 0. The quantitative estimate of drug-likeness (QED) is 0.452. The van der Waals surface area contributed by atoms with Gasteiger partial charge in [0.1, 0.15) is 0 Å². The van der Waals surface area contributed by atoms with E-state index in [0.717, 1.165) is 6.07 Å². The monoisotopic (exact) mass is 223 g/mol. The number of aliphatic hydroxyl groups excluding tert-OH is 1. The lowest BCUT2D eigenvalue weighted by atomic mass is 10.1. The van der Waals surface area contributed by atoms with E-state index in [9.17, 15) is 20.0 Å². The van der Waals surface area contributed by atoms with E-state index in [1.165, 1.54) is 18.2 Å². The highest BCUT2D eigenvalue weighted by Crippen LogP contribution is 2.30. The van der Waals surface area contributed by atoms with E-state index in [1.54, 1.807) is 0 Å². The molecule has 1 aromatic rings. The van der Waals surface area contributed by atoms with Crippen molar-refractivity contribution < 1.29 is 19.9 Å². The van der Waals surface area contributed by atoms with Crippen molar-refractivity contribution in [2.24, 2.45) is 0 Å². The maximum Gasteiger partial charge on any atom is 0.312 e. The Labute approximate surface area is 90.6 Å². The van der Waals surface area contributed by atoms with E-state index < -0.39 is 16.4 Å². The topological polar surface area (TPSA) is 101 Å². The fourth-order valence-corrected chi connectivity index (χ4v) is 1.18. The number of rotatable bonds is 4. The summed E-state index contributed by atoms with van der Waals surface area (Å²) in [5.41, 5.74) is -0.338. The average molecular weight is 223 g/mol. The highest BCUT2D eigenvalue weighted by molar-refractivity contribution is 5.83. The van der Waals surface area contributed by atoms with Gasteiger partial charge in [0.2, 0.25) is 5.75 Å². The van der Waals surface area contributed by atoms with E-state index in [0.29, 0.717) is 11.8 Å². The van der Waals surface area contributed by atoms with Crippen LogP contribution in [0.15, 0.2) is 18.2 Å². The first-order chi connectivity index (χ1) is 7.60. The van der Waals surface area contributed by atoms with Gasteiger partial charge in [-0.15, -0.1) is 0 Å². The molecule has 84 valence electrons. The Morgan fingerprint density at radius 1 is 1.44 bits per heavy atom. The molecule has 0 saturated heterocycles. The number of phenolic OH excluding ortho intramolecular Hbond substituents is 1. The number of benzene rings is 1. The largest absolute Gasteiger partial charge is 0.502 e. The van der Waals surface area contributed by atoms with Gasteiger partial charge in [0.15, 0.2) is 6.29 Å².